The van der Waals surface area contributed by atoms with Crippen molar-refractivity contribution in [3.05, 3.63) is 51.7 Å². The van der Waals surface area contributed by atoms with E-state index in [0.29, 0.717) is 5.15 Å². The molecule has 16 heavy (non-hydrogen) atoms. The van der Waals surface area contributed by atoms with E-state index in [-0.39, 0.29) is 0 Å². The highest BCUT2D eigenvalue weighted by atomic mass is 79.9. The van der Waals surface area contributed by atoms with Crippen LogP contribution in [0.4, 0.5) is 11.4 Å². The van der Waals surface area contributed by atoms with E-state index in [4.69, 9.17) is 11.6 Å². The van der Waals surface area contributed by atoms with Crippen LogP contribution in [0.15, 0.2) is 41.0 Å². The number of halogens is 2. The van der Waals surface area contributed by atoms with Gasteiger partial charge >= 0.3 is 0 Å². The monoisotopic (exact) mass is 296 g/mol. The number of benzene rings is 1. The Labute approximate surface area is 108 Å². The molecule has 82 valence electrons. The van der Waals surface area contributed by atoms with Gasteiger partial charge in [0.25, 0.3) is 0 Å². The molecule has 0 fully saturated rings. The Bertz CT molecular complexity index is 514. The topological polar surface area (TPSA) is 24.9 Å². The third kappa shape index (κ3) is 2.74. The quantitative estimate of drug-likeness (QED) is 0.823. The fraction of sp³-hybridized carbons (Fsp3) is 0.0833. The van der Waals surface area contributed by atoms with E-state index >= 15 is 0 Å². The standard InChI is InChI=1S/C12H10BrClN2/c1-8-2-3-11(10(13)6-8)16-9-4-5-15-12(14)7-9/h2-7H,1H3,(H,15,16). The lowest BCUT2D eigenvalue weighted by Gasteiger charge is -2.09. The van der Waals surface area contributed by atoms with Crippen molar-refractivity contribution in [2.24, 2.45) is 0 Å². The van der Waals surface area contributed by atoms with Gasteiger partial charge in [-0.2, -0.15) is 0 Å². The van der Waals surface area contributed by atoms with Gasteiger partial charge in [0.1, 0.15) is 5.15 Å². The van der Waals surface area contributed by atoms with Crippen molar-refractivity contribution in [2.75, 3.05) is 5.32 Å². The van der Waals surface area contributed by atoms with E-state index in [0.717, 1.165) is 15.8 Å². The molecule has 1 aromatic carbocycles. The number of nitrogens with zero attached hydrogens (tertiary/aromatic N) is 1. The first kappa shape index (κ1) is 11.4. The SMILES string of the molecule is Cc1ccc(Nc2ccnc(Cl)c2)c(Br)c1. The Balaban J connectivity index is 2.27. The summed E-state index contributed by atoms with van der Waals surface area (Å²) in [5.41, 5.74) is 3.14. The molecule has 0 bridgehead atoms. The summed E-state index contributed by atoms with van der Waals surface area (Å²) in [6, 6.07) is 9.79. The fourth-order valence-corrected chi connectivity index (χ4v) is 2.12. The Morgan fingerprint density at radius 1 is 1.25 bits per heavy atom. The van der Waals surface area contributed by atoms with Gasteiger partial charge in [-0.15, -0.1) is 0 Å². The van der Waals surface area contributed by atoms with Crippen molar-refractivity contribution in [1.29, 1.82) is 0 Å². The van der Waals surface area contributed by atoms with Crippen LogP contribution < -0.4 is 5.32 Å². The van der Waals surface area contributed by atoms with Crippen LogP contribution in [0.25, 0.3) is 0 Å². The highest BCUT2D eigenvalue weighted by Gasteiger charge is 2.01. The predicted octanol–water partition coefficient (Wildman–Crippen LogP) is 4.55. The normalized spacial score (nSPS) is 10.2. The second-order valence-electron chi connectivity index (χ2n) is 3.48. The van der Waals surface area contributed by atoms with Crippen LogP contribution >= 0.6 is 27.5 Å². The highest BCUT2D eigenvalue weighted by Crippen LogP contribution is 2.27. The van der Waals surface area contributed by atoms with Gasteiger partial charge in [-0.25, -0.2) is 4.98 Å². The van der Waals surface area contributed by atoms with E-state index in [9.17, 15) is 0 Å². The number of anilines is 2. The summed E-state index contributed by atoms with van der Waals surface area (Å²) in [7, 11) is 0. The van der Waals surface area contributed by atoms with Crippen LogP contribution in [-0.2, 0) is 0 Å². The van der Waals surface area contributed by atoms with Crippen LogP contribution in [0.2, 0.25) is 5.15 Å². The second-order valence-corrected chi connectivity index (χ2v) is 4.72. The molecule has 0 unspecified atom stereocenters. The zero-order valence-electron chi connectivity index (χ0n) is 8.67. The molecule has 0 saturated heterocycles. The molecule has 0 saturated carbocycles. The van der Waals surface area contributed by atoms with E-state index in [1.54, 1.807) is 12.3 Å². The fourth-order valence-electron chi connectivity index (χ4n) is 1.36. The van der Waals surface area contributed by atoms with Crippen molar-refractivity contribution in [3.8, 4) is 0 Å². The van der Waals surface area contributed by atoms with Crippen LogP contribution in [0, 0.1) is 6.92 Å². The van der Waals surface area contributed by atoms with Gasteiger partial charge in [-0.3, -0.25) is 0 Å². The largest absolute Gasteiger partial charge is 0.354 e. The maximum absolute atomic E-state index is 5.81. The van der Waals surface area contributed by atoms with Crippen LogP contribution in [0.1, 0.15) is 5.56 Å². The van der Waals surface area contributed by atoms with Gasteiger partial charge in [0.05, 0.1) is 5.69 Å². The van der Waals surface area contributed by atoms with Gasteiger partial charge in [-0.1, -0.05) is 17.7 Å². The molecule has 2 nitrogen and oxygen atoms in total. The molecule has 0 aliphatic carbocycles. The Morgan fingerprint density at radius 2 is 2.06 bits per heavy atom. The third-order valence-electron chi connectivity index (χ3n) is 2.13. The molecule has 0 spiro atoms. The van der Waals surface area contributed by atoms with Crippen molar-refractivity contribution in [3.63, 3.8) is 0 Å². The number of pyridine rings is 1. The highest BCUT2D eigenvalue weighted by molar-refractivity contribution is 9.10. The smallest absolute Gasteiger partial charge is 0.131 e. The van der Waals surface area contributed by atoms with Gasteiger partial charge < -0.3 is 5.32 Å². The average molecular weight is 298 g/mol. The lowest BCUT2D eigenvalue weighted by Crippen LogP contribution is -1.92. The number of hydrogen-bond acceptors (Lipinski definition) is 2. The maximum atomic E-state index is 5.81. The van der Waals surface area contributed by atoms with E-state index in [1.165, 1.54) is 5.56 Å². The minimum atomic E-state index is 0.480. The molecule has 1 N–H and O–H groups in total. The zero-order valence-corrected chi connectivity index (χ0v) is 11.0. The Morgan fingerprint density at radius 3 is 2.75 bits per heavy atom. The van der Waals surface area contributed by atoms with E-state index in [2.05, 4.69) is 45.3 Å². The lowest BCUT2D eigenvalue weighted by molar-refractivity contribution is 1.32. The zero-order chi connectivity index (χ0) is 11.5. The third-order valence-corrected chi connectivity index (χ3v) is 2.99. The molecule has 1 heterocycles. The molecule has 0 atom stereocenters. The molecular weight excluding hydrogens is 288 g/mol. The van der Waals surface area contributed by atoms with E-state index < -0.39 is 0 Å². The van der Waals surface area contributed by atoms with Gasteiger partial charge in [0.2, 0.25) is 0 Å². The number of nitrogens with one attached hydrogen (secondary N) is 1. The van der Waals surface area contributed by atoms with Gasteiger partial charge in [-0.05, 0) is 52.7 Å². The summed E-state index contributed by atoms with van der Waals surface area (Å²) in [5.74, 6) is 0. The molecule has 0 aliphatic heterocycles. The van der Waals surface area contributed by atoms with Crippen molar-refractivity contribution in [2.45, 2.75) is 6.92 Å². The summed E-state index contributed by atoms with van der Waals surface area (Å²) >= 11 is 9.33. The molecule has 1 aromatic heterocycles. The molecule has 2 aromatic rings. The molecule has 0 aliphatic rings. The van der Waals surface area contributed by atoms with Crippen LogP contribution in [-0.4, -0.2) is 4.98 Å². The minimum Gasteiger partial charge on any atom is -0.354 e. The first-order valence-corrected chi connectivity index (χ1v) is 5.97. The lowest BCUT2D eigenvalue weighted by atomic mass is 10.2. The Hall–Kier alpha value is -1.06. The molecule has 2 rings (SSSR count). The first-order valence-electron chi connectivity index (χ1n) is 4.80. The average Bonchev–Trinajstić information content (AvgIpc) is 2.22. The van der Waals surface area contributed by atoms with Gasteiger partial charge in [0.15, 0.2) is 0 Å². The predicted molar refractivity (Wildman–Crippen MR) is 71.4 cm³/mol. The molecular formula is C12H10BrClN2. The number of rotatable bonds is 2. The van der Waals surface area contributed by atoms with Crippen LogP contribution in [0.5, 0.6) is 0 Å². The molecule has 0 amide bonds. The van der Waals surface area contributed by atoms with Crippen molar-refractivity contribution < 1.29 is 0 Å². The Kier molecular flexibility index (Phi) is 3.46. The summed E-state index contributed by atoms with van der Waals surface area (Å²) in [6.07, 6.45) is 1.67. The minimum absolute atomic E-state index is 0.480. The number of hydrogen-bond donors (Lipinski definition) is 1. The van der Waals surface area contributed by atoms with Crippen molar-refractivity contribution >= 4 is 38.9 Å². The number of aryl methyl sites for hydroxylation is 1. The van der Waals surface area contributed by atoms with E-state index in [1.807, 2.05) is 12.1 Å². The second kappa shape index (κ2) is 4.85. The summed E-state index contributed by atoms with van der Waals surface area (Å²) in [4.78, 5) is 3.93. The molecule has 4 heteroatoms. The molecule has 0 radical (unpaired) electrons. The summed E-state index contributed by atoms with van der Waals surface area (Å²) in [5, 5.41) is 3.75. The maximum Gasteiger partial charge on any atom is 0.131 e. The van der Waals surface area contributed by atoms with Crippen LogP contribution in [0.3, 0.4) is 0 Å². The first-order chi connectivity index (χ1) is 7.65. The summed E-state index contributed by atoms with van der Waals surface area (Å²) in [6.45, 7) is 2.05. The van der Waals surface area contributed by atoms with Crippen molar-refractivity contribution in [1.82, 2.24) is 4.98 Å². The number of aromatic nitrogens is 1. The summed E-state index contributed by atoms with van der Waals surface area (Å²) < 4.78 is 1.03. The van der Waals surface area contributed by atoms with Gasteiger partial charge in [0, 0.05) is 16.4 Å².